The van der Waals surface area contributed by atoms with Crippen LogP contribution in [0, 0.1) is 5.41 Å². The van der Waals surface area contributed by atoms with Gasteiger partial charge in [-0.15, -0.1) is 0 Å². The number of nitrogens with zero attached hydrogens (tertiary/aromatic N) is 2. The van der Waals surface area contributed by atoms with Crippen molar-refractivity contribution in [3.05, 3.63) is 0 Å². The van der Waals surface area contributed by atoms with E-state index in [1.54, 1.807) is 0 Å². The molecule has 1 amide bonds. The van der Waals surface area contributed by atoms with Crippen LogP contribution in [0.3, 0.4) is 0 Å². The van der Waals surface area contributed by atoms with Crippen LogP contribution in [-0.2, 0) is 9.53 Å². The Morgan fingerprint density at radius 1 is 1.33 bits per heavy atom. The number of nitrogens with two attached hydrogens (primary N) is 1. The van der Waals surface area contributed by atoms with Crippen LogP contribution in [0.15, 0.2) is 5.16 Å². The SMILES string of the molecule is NC(=NO)C1(C(=O)NCCCN2CCOCC2)CCCC1. The number of carbonyl (C=O) groups excluding carboxylic acids is 1. The van der Waals surface area contributed by atoms with E-state index in [0.717, 1.165) is 52.1 Å². The third-order valence-electron chi connectivity index (χ3n) is 4.53. The molecule has 1 saturated carbocycles. The molecule has 7 heteroatoms. The molecule has 0 atom stereocenters. The number of ether oxygens (including phenoxy) is 1. The highest BCUT2D eigenvalue weighted by molar-refractivity contribution is 6.07. The molecule has 7 nitrogen and oxygen atoms in total. The van der Waals surface area contributed by atoms with Gasteiger partial charge in [0.1, 0.15) is 5.41 Å². The van der Waals surface area contributed by atoms with Gasteiger partial charge in [-0.05, 0) is 25.8 Å². The monoisotopic (exact) mass is 298 g/mol. The molecule has 21 heavy (non-hydrogen) atoms. The summed E-state index contributed by atoms with van der Waals surface area (Å²) in [6.45, 7) is 5.08. The van der Waals surface area contributed by atoms with E-state index < -0.39 is 5.41 Å². The van der Waals surface area contributed by atoms with Crippen LogP contribution < -0.4 is 11.1 Å². The number of amidine groups is 1. The van der Waals surface area contributed by atoms with Crippen LogP contribution in [0.2, 0.25) is 0 Å². The van der Waals surface area contributed by atoms with Gasteiger partial charge in [0.25, 0.3) is 0 Å². The van der Waals surface area contributed by atoms with E-state index in [9.17, 15) is 4.79 Å². The van der Waals surface area contributed by atoms with Gasteiger partial charge in [0, 0.05) is 19.6 Å². The van der Waals surface area contributed by atoms with E-state index in [0.29, 0.717) is 19.4 Å². The van der Waals surface area contributed by atoms with Crippen molar-refractivity contribution in [2.24, 2.45) is 16.3 Å². The minimum absolute atomic E-state index is 0.0469. The first-order valence-electron chi connectivity index (χ1n) is 7.75. The van der Waals surface area contributed by atoms with Crippen LogP contribution in [0.25, 0.3) is 0 Å². The molecule has 2 rings (SSSR count). The standard InChI is InChI=1S/C14H26N4O3/c15-12(17-20)14(4-1-2-5-14)13(19)16-6-3-7-18-8-10-21-11-9-18/h20H,1-11H2,(H2,15,17)(H,16,19). The average Bonchev–Trinajstić information content (AvgIpc) is 3.02. The molecule has 0 aromatic heterocycles. The number of oxime groups is 1. The van der Waals surface area contributed by atoms with Crippen molar-refractivity contribution in [3.63, 3.8) is 0 Å². The van der Waals surface area contributed by atoms with Gasteiger partial charge in [0.2, 0.25) is 5.91 Å². The lowest BCUT2D eigenvalue weighted by Crippen LogP contribution is -2.48. The molecule has 0 radical (unpaired) electrons. The molecular weight excluding hydrogens is 272 g/mol. The summed E-state index contributed by atoms with van der Waals surface area (Å²) in [7, 11) is 0. The van der Waals surface area contributed by atoms with Crippen molar-refractivity contribution >= 4 is 11.7 Å². The van der Waals surface area contributed by atoms with E-state index in [2.05, 4.69) is 15.4 Å². The zero-order valence-electron chi connectivity index (χ0n) is 12.5. The van der Waals surface area contributed by atoms with E-state index in [1.165, 1.54) is 0 Å². The average molecular weight is 298 g/mol. The Labute approximate surface area is 125 Å². The summed E-state index contributed by atoms with van der Waals surface area (Å²) in [5, 5.41) is 14.9. The molecule has 1 heterocycles. The number of nitrogens with one attached hydrogen (secondary N) is 1. The normalized spacial score (nSPS) is 23.1. The van der Waals surface area contributed by atoms with Gasteiger partial charge in [-0.3, -0.25) is 9.69 Å². The lowest BCUT2D eigenvalue weighted by atomic mass is 9.84. The predicted octanol–water partition coefficient (Wildman–Crippen LogP) is 0.132. The van der Waals surface area contributed by atoms with Gasteiger partial charge >= 0.3 is 0 Å². The minimum atomic E-state index is -0.798. The highest BCUT2D eigenvalue weighted by atomic mass is 16.5. The molecule has 2 fully saturated rings. The molecule has 1 aliphatic heterocycles. The maximum atomic E-state index is 12.4. The number of amides is 1. The fourth-order valence-corrected chi connectivity index (χ4v) is 3.17. The molecule has 1 saturated heterocycles. The maximum absolute atomic E-state index is 12.4. The number of hydrogen-bond acceptors (Lipinski definition) is 5. The molecule has 1 aliphatic carbocycles. The highest BCUT2D eigenvalue weighted by Gasteiger charge is 2.45. The zero-order valence-corrected chi connectivity index (χ0v) is 12.5. The van der Waals surface area contributed by atoms with Crippen molar-refractivity contribution in [2.45, 2.75) is 32.1 Å². The molecule has 4 N–H and O–H groups in total. The topological polar surface area (TPSA) is 100 Å². The van der Waals surface area contributed by atoms with Gasteiger partial charge in [-0.25, -0.2) is 0 Å². The first-order valence-corrected chi connectivity index (χ1v) is 7.75. The van der Waals surface area contributed by atoms with Gasteiger partial charge in [0.15, 0.2) is 5.84 Å². The summed E-state index contributed by atoms with van der Waals surface area (Å²) in [5.74, 6) is -0.0528. The van der Waals surface area contributed by atoms with E-state index in [1.807, 2.05) is 0 Å². The van der Waals surface area contributed by atoms with Crippen LogP contribution >= 0.6 is 0 Å². The number of hydrogen-bond donors (Lipinski definition) is 3. The zero-order chi connectivity index (χ0) is 15.1. The largest absolute Gasteiger partial charge is 0.409 e. The lowest BCUT2D eigenvalue weighted by molar-refractivity contribution is -0.127. The van der Waals surface area contributed by atoms with E-state index in [-0.39, 0.29) is 11.7 Å². The molecule has 0 unspecified atom stereocenters. The molecule has 0 aromatic rings. The van der Waals surface area contributed by atoms with Crippen LogP contribution in [0.4, 0.5) is 0 Å². The Kier molecular flexibility index (Phi) is 5.81. The highest BCUT2D eigenvalue weighted by Crippen LogP contribution is 2.38. The third-order valence-corrected chi connectivity index (χ3v) is 4.53. The molecule has 0 aromatic carbocycles. The summed E-state index contributed by atoms with van der Waals surface area (Å²) in [5.41, 5.74) is 4.95. The predicted molar refractivity (Wildman–Crippen MR) is 79.2 cm³/mol. The van der Waals surface area contributed by atoms with Gasteiger partial charge in [-0.2, -0.15) is 0 Å². The Hall–Kier alpha value is -1.34. The smallest absolute Gasteiger partial charge is 0.233 e. The van der Waals surface area contributed by atoms with E-state index >= 15 is 0 Å². The van der Waals surface area contributed by atoms with Gasteiger partial charge in [-0.1, -0.05) is 18.0 Å². The van der Waals surface area contributed by atoms with Crippen LogP contribution in [0.1, 0.15) is 32.1 Å². The Morgan fingerprint density at radius 2 is 2.00 bits per heavy atom. The Morgan fingerprint density at radius 3 is 2.62 bits per heavy atom. The minimum Gasteiger partial charge on any atom is -0.409 e. The van der Waals surface area contributed by atoms with Crippen LogP contribution in [0.5, 0.6) is 0 Å². The number of carbonyl (C=O) groups is 1. The summed E-state index contributed by atoms with van der Waals surface area (Å²) >= 11 is 0. The third kappa shape index (κ3) is 3.85. The molecule has 0 bridgehead atoms. The van der Waals surface area contributed by atoms with Gasteiger partial charge < -0.3 is 21.0 Å². The van der Waals surface area contributed by atoms with E-state index in [4.69, 9.17) is 15.7 Å². The van der Waals surface area contributed by atoms with Crippen LogP contribution in [-0.4, -0.2) is 61.2 Å². The molecule has 2 aliphatic rings. The second-order valence-electron chi connectivity index (χ2n) is 5.84. The lowest BCUT2D eigenvalue weighted by Gasteiger charge is -2.28. The Bertz CT molecular complexity index is 374. The van der Waals surface area contributed by atoms with Crippen molar-refractivity contribution in [1.82, 2.24) is 10.2 Å². The second kappa shape index (κ2) is 7.61. The summed E-state index contributed by atoms with van der Waals surface area (Å²) in [6.07, 6.45) is 4.11. The first-order chi connectivity index (χ1) is 10.2. The fourth-order valence-electron chi connectivity index (χ4n) is 3.17. The quantitative estimate of drug-likeness (QED) is 0.213. The Balaban J connectivity index is 1.75. The number of rotatable bonds is 6. The maximum Gasteiger partial charge on any atom is 0.233 e. The van der Waals surface area contributed by atoms with Crippen molar-refractivity contribution < 1.29 is 14.7 Å². The second-order valence-corrected chi connectivity index (χ2v) is 5.84. The summed E-state index contributed by atoms with van der Waals surface area (Å²) in [6, 6.07) is 0. The summed E-state index contributed by atoms with van der Waals surface area (Å²) < 4.78 is 5.30. The fraction of sp³-hybridized carbons (Fsp3) is 0.857. The molecule has 120 valence electrons. The van der Waals surface area contributed by atoms with Crippen molar-refractivity contribution in [3.8, 4) is 0 Å². The van der Waals surface area contributed by atoms with Gasteiger partial charge in [0.05, 0.1) is 13.2 Å². The van der Waals surface area contributed by atoms with Crippen molar-refractivity contribution in [1.29, 1.82) is 0 Å². The van der Waals surface area contributed by atoms with Crippen molar-refractivity contribution in [2.75, 3.05) is 39.4 Å². The number of morpholine rings is 1. The molecular formula is C14H26N4O3. The molecule has 0 spiro atoms. The first kappa shape index (κ1) is 16.0. The summed E-state index contributed by atoms with van der Waals surface area (Å²) in [4.78, 5) is 14.7.